The number of aryl methyl sites for hydroxylation is 1. The monoisotopic (exact) mass is 584 g/mol. The Bertz CT molecular complexity index is 1720. The molecule has 1 saturated heterocycles. The van der Waals surface area contributed by atoms with Crippen molar-refractivity contribution in [3.8, 4) is 5.75 Å². The van der Waals surface area contributed by atoms with Gasteiger partial charge in [-0.15, -0.1) is 0 Å². The molecule has 4 heterocycles. The third kappa shape index (κ3) is 5.35. The third-order valence-electron chi connectivity index (χ3n) is 7.74. The lowest BCUT2D eigenvalue weighted by Gasteiger charge is -2.35. The first kappa shape index (κ1) is 27.9. The Balaban J connectivity index is 1.37. The summed E-state index contributed by atoms with van der Waals surface area (Å²) in [6.45, 7) is 6.27. The maximum absolute atomic E-state index is 5.86. The molecule has 0 unspecified atom stereocenters. The first-order valence-electron chi connectivity index (χ1n) is 14.0. The number of fused-ring (bicyclic) bond motifs is 2. The molecular formula is C30H36N10OS. The molecule has 42 heavy (non-hydrogen) atoms. The maximum Gasteiger partial charge on any atom is 0.231 e. The summed E-state index contributed by atoms with van der Waals surface area (Å²) in [4.78, 5) is 26.9. The van der Waals surface area contributed by atoms with Crippen LogP contribution in [0.1, 0.15) is 12.5 Å². The number of hydrogen-bond acceptors (Lipinski definition) is 11. The van der Waals surface area contributed by atoms with E-state index in [2.05, 4.69) is 65.8 Å². The second-order valence-electron chi connectivity index (χ2n) is 10.3. The fourth-order valence-electron chi connectivity index (χ4n) is 5.38. The quantitative estimate of drug-likeness (QED) is 0.193. The number of hydrogen-bond donors (Lipinski definition) is 3. The predicted octanol–water partition coefficient (Wildman–Crippen LogP) is 5.43. The molecule has 0 radical (unpaired) electrons. The fraction of sp³-hybridized carbons (Fsp3) is 0.333. The van der Waals surface area contributed by atoms with Crippen LogP contribution < -0.4 is 24.6 Å². The lowest BCUT2D eigenvalue weighted by atomic mass is 10.1. The zero-order chi connectivity index (χ0) is 29.2. The average molecular weight is 585 g/mol. The minimum atomic E-state index is 0.459. The van der Waals surface area contributed by atoms with Crippen molar-refractivity contribution >= 4 is 68.5 Å². The molecule has 1 aliphatic heterocycles. The molecule has 1 aliphatic rings. The molecule has 5 aromatic rings. The van der Waals surface area contributed by atoms with Gasteiger partial charge in [0, 0.05) is 69.8 Å². The van der Waals surface area contributed by atoms with E-state index in [1.807, 2.05) is 37.7 Å². The highest BCUT2D eigenvalue weighted by molar-refractivity contribution is 7.99. The van der Waals surface area contributed by atoms with Crippen LogP contribution in [0, 0.1) is 0 Å². The van der Waals surface area contributed by atoms with Gasteiger partial charge in [0.25, 0.3) is 0 Å². The van der Waals surface area contributed by atoms with Crippen molar-refractivity contribution in [2.24, 2.45) is 0 Å². The number of aromatic nitrogens is 5. The summed E-state index contributed by atoms with van der Waals surface area (Å²) in [6, 6.07) is 10.3. The van der Waals surface area contributed by atoms with Crippen LogP contribution in [0.4, 0.5) is 34.5 Å². The van der Waals surface area contributed by atoms with Crippen molar-refractivity contribution in [3.63, 3.8) is 0 Å². The number of ether oxygens (including phenoxy) is 1. The van der Waals surface area contributed by atoms with Crippen LogP contribution in [0.5, 0.6) is 5.75 Å². The van der Waals surface area contributed by atoms with Crippen molar-refractivity contribution in [2.45, 2.75) is 13.3 Å². The highest BCUT2D eigenvalue weighted by Crippen LogP contribution is 2.39. The van der Waals surface area contributed by atoms with Gasteiger partial charge in [0.1, 0.15) is 22.7 Å². The SMILES string of the molecule is CCc1cc(Nc2nc(Nc3ccc4nccnc4c3N(C)SC)c3cc[nH]c3n2)c(OC)cc1N1CCN(C)CC1. The standard InChI is InChI=1S/C30H36N10OS/c1-6-19-17-23(25(41-4)18-24(19)40-15-13-38(2)14-16-40)35-30-36-28-20(9-10-33-28)29(37-30)34-22-8-7-21-26(32-12-11-31-21)27(22)39(3)42-5/h7-12,17-18H,6,13-16H2,1-5H3,(H3,33,34,35,36,37). The number of nitrogens with zero attached hydrogens (tertiary/aromatic N) is 7. The van der Waals surface area contributed by atoms with Crippen LogP contribution in [0.3, 0.4) is 0 Å². The van der Waals surface area contributed by atoms with E-state index in [-0.39, 0.29) is 0 Å². The van der Waals surface area contributed by atoms with Gasteiger partial charge in [-0.3, -0.25) is 9.97 Å². The van der Waals surface area contributed by atoms with Crippen molar-refractivity contribution in [2.75, 3.05) is 73.5 Å². The molecule has 1 fully saturated rings. The summed E-state index contributed by atoms with van der Waals surface area (Å²) in [5.74, 6) is 1.88. The van der Waals surface area contributed by atoms with E-state index in [0.717, 1.165) is 77.5 Å². The van der Waals surface area contributed by atoms with Crippen LogP contribution >= 0.6 is 11.9 Å². The first-order chi connectivity index (χ1) is 20.5. The molecule has 3 N–H and O–H groups in total. The van der Waals surface area contributed by atoms with Crippen LogP contribution in [-0.2, 0) is 6.42 Å². The van der Waals surface area contributed by atoms with Gasteiger partial charge in [0.15, 0.2) is 0 Å². The van der Waals surface area contributed by atoms with Crippen molar-refractivity contribution in [3.05, 3.63) is 54.5 Å². The zero-order valence-electron chi connectivity index (χ0n) is 24.6. The average Bonchev–Trinajstić information content (AvgIpc) is 3.50. The number of likely N-dealkylation sites (N-methyl/N-ethyl adjacent to an activating group) is 1. The van der Waals surface area contributed by atoms with Gasteiger partial charge in [-0.05, 0) is 43.3 Å². The molecule has 0 amide bonds. The fourth-order valence-corrected chi connectivity index (χ4v) is 5.75. The van der Waals surface area contributed by atoms with Crippen LogP contribution in [0.2, 0.25) is 0 Å². The molecule has 218 valence electrons. The number of aromatic amines is 1. The molecular weight excluding hydrogens is 548 g/mol. The second-order valence-corrected chi connectivity index (χ2v) is 11.2. The Kier molecular flexibility index (Phi) is 7.90. The summed E-state index contributed by atoms with van der Waals surface area (Å²) >= 11 is 1.60. The second kappa shape index (κ2) is 11.9. The van der Waals surface area contributed by atoms with Crippen LogP contribution in [0.15, 0.2) is 48.9 Å². The van der Waals surface area contributed by atoms with Gasteiger partial charge in [0.2, 0.25) is 5.95 Å². The van der Waals surface area contributed by atoms with Crippen LogP contribution in [0.25, 0.3) is 22.1 Å². The Hall–Kier alpha value is -4.29. The predicted molar refractivity (Wildman–Crippen MR) is 174 cm³/mol. The molecule has 0 aliphatic carbocycles. The summed E-state index contributed by atoms with van der Waals surface area (Å²) < 4.78 is 7.94. The van der Waals surface area contributed by atoms with Crippen molar-refractivity contribution in [1.29, 1.82) is 0 Å². The molecule has 12 heteroatoms. The molecule has 3 aromatic heterocycles. The van der Waals surface area contributed by atoms with E-state index in [0.29, 0.717) is 11.8 Å². The normalized spacial score (nSPS) is 14.0. The third-order valence-corrected chi connectivity index (χ3v) is 8.47. The first-order valence-corrected chi connectivity index (χ1v) is 15.2. The van der Waals surface area contributed by atoms with E-state index >= 15 is 0 Å². The van der Waals surface area contributed by atoms with Gasteiger partial charge >= 0.3 is 0 Å². The molecule has 6 rings (SSSR count). The minimum Gasteiger partial charge on any atom is -0.494 e. The molecule has 0 atom stereocenters. The molecule has 0 bridgehead atoms. The number of nitrogens with one attached hydrogen (secondary N) is 3. The van der Waals surface area contributed by atoms with Gasteiger partial charge in [-0.1, -0.05) is 18.9 Å². The zero-order valence-corrected chi connectivity index (χ0v) is 25.4. The van der Waals surface area contributed by atoms with E-state index in [1.54, 1.807) is 31.5 Å². The lowest BCUT2D eigenvalue weighted by molar-refractivity contribution is 0.312. The molecule has 2 aromatic carbocycles. The minimum absolute atomic E-state index is 0.459. The molecule has 11 nitrogen and oxygen atoms in total. The van der Waals surface area contributed by atoms with Gasteiger partial charge in [0.05, 0.1) is 35.1 Å². The number of piperazine rings is 1. The summed E-state index contributed by atoms with van der Waals surface area (Å²) in [5.41, 5.74) is 7.47. The maximum atomic E-state index is 5.86. The summed E-state index contributed by atoms with van der Waals surface area (Å²) in [7, 11) is 5.89. The summed E-state index contributed by atoms with van der Waals surface area (Å²) in [6.07, 6.45) is 8.23. The van der Waals surface area contributed by atoms with Gasteiger partial charge in [-0.2, -0.15) is 9.97 Å². The molecule has 0 saturated carbocycles. The highest BCUT2D eigenvalue weighted by atomic mass is 32.2. The number of methoxy groups -OCH3 is 1. The van der Waals surface area contributed by atoms with E-state index < -0.39 is 0 Å². The van der Waals surface area contributed by atoms with E-state index in [9.17, 15) is 0 Å². The van der Waals surface area contributed by atoms with E-state index in [4.69, 9.17) is 14.7 Å². The number of benzene rings is 2. The smallest absolute Gasteiger partial charge is 0.231 e. The van der Waals surface area contributed by atoms with E-state index in [1.165, 1.54) is 11.3 Å². The molecule has 0 spiro atoms. The number of rotatable bonds is 9. The Labute approximate surface area is 249 Å². The van der Waals surface area contributed by atoms with Gasteiger partial charge in [-0.25, -0.2) is 0 Å². The Morgan fingerprint density at radius 3 is 2.60 bits per heavy atom. The van der Waals surface area contributed by atoms with Crippen molar-refractivity contribution in [1.82, 2.24) is 29.8 Å². The Morgan fingerprint density at radius 1 is 1.02 bits per heavy atom. The Morgan fingerprint density at radius 2 is 1.83 bits per heavy atom. The van der Waals surface area contributed by atoms with Gasteiger partial charge < -0.3 is 34.5 Å². The van der Waals surface area contributed by atoms with Crippen molar-refractivity contribution < 1.29 is 4.74 Å². The highest BCUT2D eigenvalue weighted by Gasteiger charge is 2.21. The topological polar surface area (TPSA) is 110 Å². The largest absolute Gasteiger partial charge is 0.494 e. The summed E-state index contributed by atoms with van der Waals surface area (Å²) in [5, 5.41) is 7.90. The number of H-pyrrole nitrogens is 1. The lowest BCUT2D eigenvalue weighted by Crippen LogP contribution is -2.44. The number of anilines is 6. The van der Waals surface area contributed by atoms with Crippen LogP contribution in [-0.4, -0.2) is 83.5 Å².